The van der Waals surface area contributed by atoms with Crippen LogP contribution in [-0.2, 0) is 4.74 Å². The number of carbonyl (C=O) groups excluding carboxylic acids is 1. The van der Waals surface area contributed by atoms with Crippen molar-refractivity contribution in [3.05, 3.63) is 36.0 Å². The van der Waals surface area contributed by atoms with Crippen molar-refractivity contribution in [3.63, 3.8) is 0 Å². The molecule has 1 amide bonds. The minimum Gasteiger partial charge on any atom is -0.377 e. The lowest BCUT2D eigenvalue weighted by molar-refractivity contribution is -0.0681. The maximum atomic E-state index is 12.6. The highest BCUT2D eigenvalue weighted by Gasteiger charge is 2.21. The van der Waals surface area contributed by atoms with Crippen molar-refractivity contribution >= 4 is 22.5 Å². The Kier molecular flexibility index (Phi) is 6.86. The molecule has 0 saturated carbocycles. The molecule has 0 bridgehead atoms. The molecule has 152 valence electrons. The van der Waals surface area contributed by atoms with E-state index >= 15 is 0 Å². The van der Waals surface area contributed by atoms with Crippen LogP contribution >= 0.6 is 0 Å². The summed E-state index contributed by atoms with van der Waals surface area (Å²) in [5, 5.41) is 4.08. The van der Waals surface area contributed by atoms with Gasteiger partial charge < -0.3 is 15.0 Å². The number of amides is 1. The van der Waals surface area contributed by atoms with Gasteiger partial charge in [-0.2, -0.15) is 0 Å². The standard InChI is InChI=1S/C22H32N4O2/c1-16-14-26(15-17(2)28-16)12-8-7-11-23-22(27)20-13-21(25(3)4)18-9-5-6-10-19(18)24-20/h5-6,9-10,13,16-17H,7-8,11-12,14-15H2,1-4H3,(H,23,27)/t16-,17-/m1/s1. The van der Waals surface area contributed by atoms with Gasteiger partial charge in [-0.25, -0.2) is 4.98 Å². The van der Waals surface area contributed by atoms with E-state index < -0.39 is 0 Å². The van der Waals surface area contributed by atoms with Gasteiger partial charge in [0.1, 0.15) is 5.69 Å². The summed E-state index contributed by atoms with van der Waals surface area (Å²) in [4.78, 5) is 21.6. The number of hydrogen-bond acceptors (Lipinski definition) is 5. The zero-order valence-corrected chi connectivity index (χ0v) is 17.4. The first-order chi connectivity index (χ1) is 13.4. The monoisotopic (exact) mass is 384 g/mol. The highest BCUT2D eigenvalue weighted by atomic mass is 16.5. The van der Waals surface area contributed by atoms with Gasteiger partial charge >= 0.3 is 0 Å². The first-order valence-corrected chi connectivity index (χ1v) is 10.2. The second-order valence-electron chi connectivity index (χ2n) is 7.92. The van der Waals surface area contributed by atoms with Gasteiger partial charge in [0, 0.05) is 44.8 Å². The minimum absolute atomic E-state index is 0.109. The molecule has 1 N–H and O–H groups in total. The third-order valence-corrected chi connectivity index (χ3v) is 5.09. The van der Waals surface area contributed by atoms with Gasteiger partial charge in [0.05, 0.1) is 17.7 Å². The quantitative estimate of drug-likeness (QED) is 0.744. The number of anilines is 1. The van der Waals surface area contributed by atoms with Crippen LogP contribution in [0.1, 0.15) is 37.2 Å². The number of nitrogens with zero attached hydrogens (tertiary/aromatic N) is 3. The Hall–Kier alpha value is -2.18. The molecule has 2 heterocycles. The van der Waals surface area contributed by atoms with E-state index in [9.17, 15) is 4.79 Å². The van der Waals surface area contributed by atoms with Crippen LogP contribution < -0.4 is 10.2 Å². The number of fused-ring (bicyclic) bond motifs is 1. The number of pyridine rings is 1. The number of morpholine rings is 1. The third-order valence-electron chi connectivity index (χ3n) is 5.09. The number of carbonyl (C=O) groups is 1. The number of nitrogens with one attached hydrogen (secondary N) is 1. The molecule has 1 aromatic heterocycles. The van der Waals surface area contributed by atoms with Gasteiger partial charge in [0.25, 0.3) is 5.91 Å². The molecule has 6 nitrogen and oxygen atoms in total. The zero-order valence-electron chi connectivity index (χ0n) is 17.4. The van der Waals surface area contributed by atoms with E-state index in [4.69, 9.17) is 4.74 Å². The van der Waals surface area contributed by atoms with E-state index in [-0.39, 0.29) is 5.91 Å². The van der Waals surface area contributed by atoms with Gasteiger partial charge in [0.2, 0.25) is 0 Å². The predicted octanol–water partition coefficient (Wildman–Crippen LogP) is 2.92. The highest BCUT2D eigenvalue weighted by molar-refractivity contribution is 5.99. The molecule has 28 heavy (non-hydrogen) atoms. The Morgan fingerprint density at radius 2 is 1.93 bits per heavy atom. The molecule has 0 spiro atoms. The fourth-order valence-electron chi connectivity index (χ4n) is 3.86. The molecule has 6 heteroatoms. The van der Waals surface area contributed by atoms with Crippen LogP contribution in [-0.4, -0.2) is 68.3 Å². The van der Waals surface area contributed by atoms with Crippen molar-refractivity contribution in [1.82, 2.24) is 15.2 Å². The minimum atomic E-state index is -0.109. The van der Waals surface area contributed by atoms with Crippen molar-refractivity contribution in [1.29, 1.82) is 0 Å². The second kappa shape index (κ2) is 9.34. The van der Waals surface area contributed by atoms with E-state index in [1.54, 1.807) is 0 Å². The first kappa shape index (κ1) is 20.6. The second-order valence-corrected chi connectivity index (χ2v) is 7.92. The van der Waals surface area contributed by atoms with Gasteiger partial charge in [-0.3, -0.25) is 9.69 Å². The van der Waals surface area contributed by atoms with E-state index in [0.717, 1.165) is 49.1 Å². The average Bonchev–Trinajstić information content (AvgIpc) is 2.65. The molecule has 1 aromatic carbocycles. The lowest BCUT2D eigenvalue weighted by atomic mass is 10.1. The van der Waals surface area contributed by atoms with Crippen LogP contribution in [0.25, 0.3) is 10.9 Å². The largest absolute Gasteiger partial charge is 0.377 e. The van der Waals surface area contributed by atoms with Crippen molar-refractivity contribution in [2.45, 2.75) is 38.9 Å². The molecule has 1 aliphatic heterocycles. The number of ether oxygens (including phenoxy) is 1. The summed E-state index contributed by atoms with van der Waals surface area (Å²) in [6.07, 6.45) is 2.62. The normalized spacial score (nSPS) is 20.3. The molecule has 1 fully saturated rings. The number of hydrogen-bond donors (Lipinski definition) is 1. The molecule has 1 saturated heterocycles. The third kappa shape index (κ3) is 5.20. The first-order valence-electron chi connectivity index (χ1n) is 10.2. The summed E-state index contributed by atoms with van der Waals surface area (Å²) >= 11 is 0. The van der Waals surface area contributed by atoms with E-state index in [2.05, 4.69) is 29.0 Å². The Bertz CT molecular complexity index is 798. The summed E-state index contributed by atoms with van der Waals surface area (Å²) < 4.78 is 5.77. The van der Waals surface area contributed by atoms with Crippen LogP contribution in [0.4, 0.5) is 5.69 Å². The van der Waals surface area contributed by atoms with Crippen LogP contribution in [0.3, 0.4) is 0 Å². The summed E-state index contributed by atoms with van der Waals surface area (Å²) in [6.45, 7) is 7.95. The molecular formula is C22H32N4O2. The molecule has 0 radical (unpaired) electrons. The van der Waals surface area contributed by atoms with Gasteiger partial charge in [-0.05, 0) is 45.4 Å². The molecule has 1 aliphatic rings. The lowest BCUT2D eigenvalue weighted by Gasteiger charge is -2.35. The maximum Gasteiger partial charge on any atom is 0.269 e. The SMILES string of the molecule is C[C@@H]1CN(CCCCNC(=O)c2cc(N(C)C)c3ccccc3n2)C[C@@H](C)O1. The maximum absolute atomic E-state index is 12.6. The van der Waals surface area contributed by atoms with Crippen molar-refractivity contribution in [2.24, 2.45) is 0 Å². The number of aromatic nitrogens is 1. The smallest absolute Gasteiger partial charge is 0.269 e. The topological polar surface area (TPSA) is 57.7 Å². The van der Waals surface area contributed by atoms with Crippen LogP contribution in [0.2, 0.25) is 0 Å². The van der Waals surface area contributed by atoms with Gasteiger partial charge in [0.15, 0.2) is 0 Å². The van der Waals surface area contributed by atoms with Crippen LogP contribution in [0.15, 0.2) is 30.3 Å². The van der Waals surface area contributed by atoms with Crippen LogP contribution in [0, 0.1) is 0 Å². The van der Waals surface area contributed by atoms with Gasteiger partial charge in [-0.15, -0.1) is 0 Å². The predicted molar refractivity (Wildman–Crippen MR) is 114 cm³/mol. The number of benzene rings is 1. The summed E-state index contributed by atoms with van der Waals surface area (Å²) in [7, 11) is 3.97. The number of rotatable bonds is 7. The average molecular weight is 385 g/mol. The Morgan fingerprint density at radius 3 is 2.64 bits per heavy atom. The Balaban J connectivity index is 1.51. The summed E-state index contributed by atoms with van der Waals surface area (Å²) in [6, 6.07) is 9.79. The van der Waals surface area contributed by atoms with Crippen molar-refractivity contribution in [3.8, 4) is 0 Å². The molecule has 0 unspecified atom stereocenters. The van der Waals surface area contributed by atoms with E-state index in [1.165, 1.54) is 0 Å². The van der Waals surface area contributed by atoms with E-state index in [1.807, 2.05) is 49.3 Å². The molecular weight excluding hydrogens is 352 g/mol. The Labute approximate surface area is 167 Å². The lowest BCUT2D eigenvalue weighted by Crippen LogP contribution is -2.45. The molecule has 2 aromatic rings. The molecule has 0 aliphatic carbocycles. The highest BCUT2D eigenvalue weighted by Crippen LogP contribution is 2.25. The molecule has 3 rings (SSSR count). The fourth-order valence-corrected chi connectivity index (χ4v) is 3.86. The van der Waals surface area contributed by atoms with Gasteiger partial charge in [-0.1, -0.05) is 18.2 Å². The van der Waals surface area contributed by atoms with Crippen molar-refractivity contribution < 1.29 is 9.53 Å². The number of para-hydroxylation sites is 1. The van der Waals surface area contributed by atoms with Crippen molar-refractivity contribution in [2.75, 3.05) is 45.2 Å². The summed E-state index contributed by atoms with van der Waals surface area (Å²) in [5.74, 6) is -0.109. The fraction of sp³-hybridized carbons (Fsp3) is 0.545. The van der Waals surface area contributed by atoms with Crippen LogP contribution in [0.5, 0.6) is 0 Å². The van der Waals surface area contributed by atoms with E-state index in [0.29, 0.717) is 24.4 Å². The summed E-state index contributed by atoms with van der Waals surface area (Å²) in [5.41, 5.74) is 2.32. The molecule has 2 atom stereocenters. The Morgan fingerprint density at radius 1 is 1.21 bits per heavy atom. The zero-order chi connectivity index (χ0) is 20.1. The number of unbranched alkanes of at least 4 members (excludes halogenated alkanes) is 1.